The molecule has 0 spiro atoms. The van der Waals surface area contributed by atoms with Gasteiger partial charge in [-0.1, -0.05) is 18.2 Å². The van der Waals surface area contributed by atoms with Crippen molar-refractivity contribution in [3.8, 4) is 0 Å². The van der Waals surface area contributed by atoms with Crippen LogP contribution in [0.25, 0.3) is 11.0 Å². The van der Waals surface area contributed by atoms with Gasteiger partial charge in [-0.15, -0.1) is 0 Å². The molecule has 1 aliphatic heterocycles. The standard InChI is InChI=1S/C15H13NO4/c1-8-3-2-4-9-11(7-13(18)20-14(8)9)10-5-6-12(17)16-15(10)19/h2-4,7,10H,5-6H2,1H3,(H,16,17,19). The molecule has 2 aromatic rings. The summed E-state index contributed by atoms with van der Waals surface area (Å²) in [5.74, 6) is -1.11. The van der Waals surface area contributed by atoms with Crippen molar-refractivity contribution in [3.05, 3.63) is 45.8 Å². The van der Waals surface area contributed by atoms with E-state index in [0.29, 0.717) is 17.6 Å². The van der Waals surface area contributed by atoms with E-state index in [0.717, 1.165) is 10.9 Å². The Morgan fingerprint density at radius 2 is 2.05 bits per heavy atom. The molecule has 0 bridgehead atoms. The molecule has 2 heterocycles. The molecule has 1 saturated heterocycles. The lowest BCUT2D eigenvalue weighted by atomic mass is 9.88. The average Bonchev–Trinajstić information content (AvgIpc) is 2.39. The second kappa shape index (κ2) is 4.59. The van der Waals surface area contributed by atoms with Gasteiger partial charge < -0.3 is 4.42 Å². The highest BCUT2D eigenvalue weighted by Crippen LogP contribution is 2.30. The largest absolute Gasteiger partial charge is 0.422 e. The lowest BCUT2D eigenvalue weighted by Crippen LogP contribution is -2.39. The van der Waals surface area contributed by atoms with Crippen LogP contribution in [0.2, 0.25) is 0 Å². The van der Waals surface area contributed by atoms with Gasteiger partial charge in [0.1, 0.15) is 5.58 Å². The molecule has 1 N–H and O–H groups in total. The Bertz CT molecular complexity index is 775. The van der Waals surface area contributed by atoms with Crippen molar-refractivity contribution in [1.29, 1.82) is 0 Å². The van der Waals surface area contributed by atoms with Gasteiger partial charge in [0.25, 0.3) is 0 Å². The zero-order valence-corrected chi connectivity index (χ0v) is 10.9. The van der Waals surface area contributed by atoms with Crippen LogP contribution in [0.3, 0.4) is 0 Å². The summed E-state index contributed by atoms with van der Waals surface area (Å²) in [6.45, 7) is 1.85. The second-order valence-corrected chi connectivity index (χ2v) is 4.98. The Hall–Kier alpha value is -2.43. The van der Waals surface area contributed by atoms with E-state index in [1.165, 1.54) is 6.07 Å². The number of imide groups is 1. The smallest absolute Gasteiger partial charge is 0.336 e. The van der Waals surface area contributed by atoms with Gasteiger partial charge in [0.15, 0.2) is 0 Å². The minimum Gasteiger partial charge on any atom is -0.422 e. The van der Waals surface area contributed by atoms with Crippen molar-refractivity contribution in [2.75, 3.05) is 0 Å². The number of rotatable bonds is 1. The maximum atomic E-state index is 12.0. The number of fused-ring (bicyclic) bond motifs is 1. The maximum absolute atomic E-state index is 12.0. The van der Waals surface area contributed by atoms with E-state index >= 15 is 0 Å². The first-order chi connectivity index (χ1) is 9.56. The normalized spacial score (nSPS) is 19.1. The molecular formula is C15H13NO4. The van der Waals surface area contributed by atoms with Gasteiger partial charge in [0.2, 0.25) is 11.8 Å². The molecule has 1 aromatic heterocycles. The predicted octanol–water partition coefficient (Wildman–Crippen LogP) is 1.62. The molecule has 1 fully saturated rings. The number of aryl methyl sites for hydroxylation is 1. The van der Waals surface area contributed by atoms with Gasteiger partial charge in [0, 0.05) is 17.9 Å². The molecule has 102 valence electrons. The number of carbonyl (C=O) groups excluding carboxylic acids is 2. The quantitative estimate of drug-likeness (QED) is 0.631. The van der Waals surface area contributed by atoms with E-state index in [2.05, 4.69) is 5.32 Å². The van der Waals surface area contributed by atoms with E-state index < -0.39 is 11.5 Å². The molecule has 5 nitrogen and oxygen atoms in total. The first-order valence-corrected chi connectivity index (χ1v) is 6.43. The summed E-state index contributed by atoms with van der Waals surface area (Å²) in [6, 6.07) is 6.87. The average molecular weight is 271 g/mol. The molecular weight excluding hydrogens is 258 g/mol. The Balaban J connectivity index is 2.21. The Labute approximate surface area is 114 Å². The number of hydrogen-bond acceptors (Lipinski definition) is 4. The van der Waals surface area contributed by atoms with Crippen LogP contribution in [-0.4, -0.2) is 11.8 Å². The van der Waals surface area contributed by atoms with E-state index in [1.54, 1.807) is 0 Å². The van der Waals surface area contributed by atoms with Crippen LogP contribution in [0.15, 0.2) is 33.5 Å². The molecule has 1 unspecified atom stereocenters. The fraction of sp³-hybridized carbons (Fsp3) is 0.267. The Morgan fingerprint density at radius 1 is 1.25 bits per heavy atom. The van der Waals surface area contributed by atoms with Gasteiger partial charge in [-0.05, 0) is 24.5 Å². The number of hydrogen-bond donors (Lipinski definition) is 1. The van der Waals surface area contributed by atoms with Crippen molar-refractivity contribution >= 4 is 22.8 Å². The van der Waals surface area contributed by atoms with Crippen LogP contribution in [0.5, 0.6) is 0 Å². The monoisotopic (exact) mass is 271 g/mol. The third kappa shape index (κ3) is 2.01. The molecule has 0 aliphatic carbocycles. The topological polar surface area (TPSA) is 76.4 Å². The van der Waals surface area contributed by atoms with Gasteiger partial charge in [-0.3, -0.25) is 14.9 Å². The van der Waals surface area contributed by atoms with Crippen molar-refractivity contribution in [3.63, 3.8) is 0 Å². The summed E-state index contributed by atoms with van der Waals surface area (Å²) < 4.78 is 5.23. The number of amides is 2. The van der Waals surface area contributed by atoms with Crippen LogP contribution in [-0.2, 0) is 9.59 Å². The Morgan fingerprint density at radius 3 is 2.80 bits per heavy atom. The minimum atomic E-state index is -0.485. The first kappa shape index (κ1) is 12.6. The Kier molecular flexibility index (Phi) is 2.89. The maximum Gasteiger partial charge on any atom is 0.336 e. The zero-order chi connectivity index (χ0) is 14.3. The van der Waals surface area contributed by atoms with Gasteiger partial charge in [0.05, 0.1) is 5.92 Å². The number of piperidine rings is 1. The van der Waals surface area contributed by atoms with Gasteiger partial charge in [-0.25, -0.2) is 4.79 Å². The van der Waals surface area contributed by atoms with Crippen molar-refractivity contribution in [2.45, 2.75) is 25.7 Å². The van der Waals surface area contributed by atoms with Crippen LogP contribution in [0.1, 0.15) is 29.9 Å². The highest BCUT2D eigenvalue weighted by molar-refractivity contribution is 6.02. The van der Waals surface area contributed by atoms with E-state index in [4.69, 9.17) is 4.42 Å². The van der Waals surface area contributed by atoms with Crippen molar-refractivity contribution in [2.24, 2.45) is 0 Å². The minimum absolute atomic E-state index is 0.269. The van der Waals surface area contributed by atoms with E-state index in [9.17, 15) is 14.4 Å². The van der Waals surface area contributed by atoms with Crippen molar-refractivity contribution in [1.82, 2.24) is 5.32 Å². The predicted molar refractivity (Wildman–Crippen MR) is 72.3 cm³/mol. The summed E-state index contributed by atoms with van der Waals surface area (Å²) in [5, 5.41) is 3.07. The second-order valence-electron chi connectivity index (χ2n) is 4.98. The number of para-hydroxylation sites is 1. The van der Waals surface area contributed by atoms with Crippen molar-refractivity contribution < 1.29 is 14.0 Å². The molecule has 1 aromatic carbocycles. The first-order valence-electron chi connectivity index (χ1n) is 6.43. The SMILES string of the molecule is Cc1cccc2c(C3CCC(=O)NC3=O)cc(=O)oc12. The third-order valence-corrected chi connectivity index (χ3v) is 3.61. The van der Waals surface area contributed by atoms with Crippen LogP contribution >= 0.6 is 0 Å². The van der Waals surface area contributed by atoms with Gasteiger partial charge in [-0.2, -0.15) is 0 Å². The number of nitrogens with one attached hydrogen (secondary N) is 1. The van der Waals surface area contributed by atoms with Gasteiger partial charge >= 0.3 is 5.63 Å². The lowest BCUT2D eigenvalue weighted by Gasteiger charge is -2.22. The molecule has 0 radical (unpaired) electrons. The fourth-order valence-corrected chi connectivity index (χ4v) is 2.63. The summed E-state index contributed by atoms with van der Waals surface area (Å²) >= 11 is 0. The van der Waals surface area contributed by atoms with E-state index in [1.807, 2.05) is 25.1 Å². The van der Waals surface area contributed by atoms with E-state index in [-0.39, 0.29) is 18.2 Å². The zero-order valence-electron chi connectivity index (χ0n) is 10.9. The third-order valence-electron chi connectivity index (χ3n) is 3.61. The summed E-state index contributed by atoms with van der Waals surface area (Å²) in [5.41, 5.74) is 1.49. The lowest BCUT2D eigenvalue weighted by molar-refractivity contribution is -0.134. The van der Waals surface area contributed by atoms with Crippen LogP contribution < -0.4 is 10.9 Å². The highest BCUT2D eigenvalue weighted by atomic mass is 16.4. The molecule has 2 amide bonds. The highest BCUT2D eigenvalue weighted by Gasteiger charge is 2.29. The molecule has 5 heteroatoms. The summed E-state index contributed by atoms with van der Waals surface area (Å²) in [4.78, 5) is 34.9. The fourth-order valence-electron chi connectivity index (χ4n) is 2.63. The number of carbonyl (C=O) groups is 2. The molecule has 1 aliphatic rings. The molecule has 0 saturated carbocycles. The molecule has 1 atom stereocenters. The van der Waals surface area contributed by atoms with Crippen LogP contribution in [0.4, 0.5) is 0 Å². The summed E-state index contributed by atoms with van der Waals surface area (Å²) in [6.07, 6.45) is 0.696. The van der Waals surface area contributed by atoms with Crippen LogP contribution in [0, 0.1) is 6.92 Å². The molecule has 20 heavy (non-hydrogen) atoms. The summed E-state index contributed by atoms with van der Waals surface area (Å²) in [7, 11) is 0. The molecule has 3 rings (SSSR count). The number of benzene rings is 1.